The second-order valence-electron chi connectivity index (χ2n) is 8.64. The number of fused-ring (bicyclic) bond motifs is 1. The Hall–Kier alpha value is -0.0400. The van der Waals surface area contributed by atoms with E-state index in [1.807, 2.05) is 0 Å². The van der Waals surface area contributed by atoms with E-state index in [0.29, 0.717) is 5.41 Å². The molecule has 2 aliphatic carbocycles. The van der Waals surface area contributed by atoms with Crippen LogP contribution >= 0.6 is 0 Å². The number of rotatable bonds is 5. The lowest BCUT2D eigenvalue weighted by molar-refractivity contribution is 0.104. The summed E-state index contributed by atoms with van der Waals surface area (Å²) >= 11 is 0. The second-order valence-corrected chi connectivity index (χ2v) is 8.64. The highest BCUT2D eigenvalue weighted by atomic mass is 14.9. The van der Waals surface area contributed by atoms with Crippen LogP contribution in [0.4, 0.5) is 0 Å². The number of hydrogen-bond donors (Lipinski definition) is 1. The third-order valence-corrected chi connectivity index (χ3v) is 5.82. The topological polar surface area (TPSA) is 12.0 Å². The summed E-state index contributed by atoms with van der Waals surface area (Å²) < 4.78 is 0. The van der Waals surface area contributed by atoms with Crippen LogP contribution in [0.3, 0.4) is 0 Å². The Morgan fingerprint density at radius 2 is 1.70 bits per heavy atom. The molecule has 1 nitrogen and oxygen atoms in total. The van der Waals surface area contributed by atoms with Crippen molar-refractivity contribution in [3.05, 3.63) is 0 Å². The van der Waals surface area contributed by atoms with Gasteiger partial charge in [0.05, 0.1) is 0 Å². The van der Waals surface area contributed by atoms with Crippen LogP contribution in [0.1, 0.15) is 85.5 Å². The van der Waals surface area contributed by atoms with E-state index in [4.69, 9.17) is 0 Å². The van der Waals surface area contributed by atoms with Gasteiger partial charge in [-0.15, -0.1) is 0 Å². The molecule has 0 aromatic carbocycles. The lowest BCUT2D eigenvalue weighted by Gasteiger charge is -2.42. The van der Waals surface area contributed by atoms with Crippen molar-refractivity contribution in [3.8, 4) is 0 Å². The zero-order chi connectivity index (χ0) is 14.6. The van der Waals surface area contributed by atoms with E-state index in [0.717, 1.165) is 30.3 Å². The Kier molecular flexibility index (Phi) is 5.95. The first-order valence-electron chi connectivity index (χ1n) is 9.23. The maximum absolute atomic E-state index is 3.82. The summed E-state index contributed by atoms with van der Waals surface area (Å²) in [4.78, 5) is 0. The highest BCUT2D eigenvalue weighted by Crippen LogP contribution is 2.44. The lowest BCUT2D eigenvalue weighted by Crippen LogP contribution is -2.41. The molecule has 0 aliphatic heterocycles. The molecule has 1 N–H and O–H groups in total. The van der Waals surface area contributed by atoms with Crippen LogP contribution in [-0.2, 0) is 0 Å². The van der Waals surface area contributed by atoms with Crippen LogP contribution in [0, 0.1) is 23.2 Å². The van der Waals surface area contributed by atoms with Gasteiger partial charge in [0, 0.05) is 6.04 Å². The molecule has 4 unspecified atom stereocenters. The lowest BCUT2D eigenvalue weighted by atomic mass is 9.65. The van der Waals surface area contributed by atoms with Crippen LogP contribution in [0.2, 0.25) is 0 Å². The molecule has 2 rings (SSSR count). The smallest absolute Gasteiger partial charge is 0.00955 e. The minimum atomic E-state index is 0.482. The van der Waals surface area contributed by atoms with Gasteiger partial charge in [0.1, 0.15) is 0 Å². The van der Waals surface area contributed by atoms with Gasteiger partial charge in [-0.2, -0.15) is 0 Å². The van der Waals surface area contributed by atoms with Crippen LogP contribution < -0.4 is 5.32 Å². The van der Waals surface area contributed by atoms with Crippen molar-refractivity contribution in [3.63, 3.8) is 0 Å². The van der Waals surface area contributed by atoms with Crippen molar-refractivity contribution in [2.24, 2.45) is 23.2 Å². The van der Waals surface area contributed by atoms with E-state index in [1.165, 1.54) is 57.8 Å². The SMILES string of the molecule is CCNC(CCC(C)(C)C)C1CCC2CCCCC2C1. The van der Waals surface area contributed by atoms with Crippen molar-refractivity contribution < 1.29 is 0 Å². The summed E-state index contributed by atoms with van der Waals surface area (Å²) in [6.07, 6.45) is 13.3. The van der Waals surface area contributed by atoms with Crippen molar-refractivity contribution in [2.75, 3.05) is 6.54 Å². The molecule has 0 radical (unpaired) electrons. The fourth-order valence-electron chi connectivity index (χ4n) is 4.63. The monoisotopic (exact) mass is 279 g/mol. The largest absolute Gasteiger partial charge is 0.314 e. The Morgan fingerprint density at radius 3 is 2.35 bits per heavy atom. The molecule has 0 aromatic heterocycles. The highest BCUT2D eigenvalue weighted by Gasteiger charge is 2.35. The van der Waals surface area contributed by atoms with E-state index in [1.54, 1.807) is 0 Å². The van der Waals surface area contributed by atoms with Gasteiger partial charge in [0.25, 0.3) is 0 Å². The zero-order valence-electron chi connectivity index (χ0n) is 14.4. The summed E-state index contributed by atoms with van der Waals surface area (Å²) in [7, 11) is 0. The van der Waals surface area contributed by atoms with E-state index in [2.05, 4.69) is 33.0 Å². The minimum Gasteiger partial charge on any atom is -0.314 e. The van der Waals surface area contributed by atoms with Crippen LogP contribution in [0.5, 0.6) is 0 Å². The Bertz CT molecular complexity index is 278. The quantitative estimate of drug-likeness (QED) is 0.710. The minimum absolute atomic E-state index is 0.482. The molecular formula is C19H37N. The van der Waals surface area contributed by atoms with E-state index >= 15 is 0 Å². The van der Waals surface area contributed by atoms with Gasteiger partial charge in [-0.25, -0.2) is 0 Å². The van der Waals surface area contributed by atoms with Crippen molar-refractivity contribution >= 4 is 0 Å². The molecule has 2 aliphatic rings. The van der Waals surface area contributed by atoms with Gasteiger partial charge in [-0.1, -0.05) is 53.4 Å². The first-order chi connectivity index (χ1) is 9.49. The van der Waals surface area contributed by atoms with Gasteiger partial charge < -0.3 is 5.32 Å². The molecule has 1 heteroatoms. The van der Waals surface area contributed by atoms with Crippen LogP contribution in [-0.4, -0.2) is 12.6 Å². The maximum atomic E-state index is 3.82. The molecule has 4 atom stereocenters. The number of hydrogen-bond acceptors (Lipinski definition) is 1. The number of nitrogens with one attached hydrogen (secondary N) is 1. The normalized spacial score (nSPS) is 32.7. The Labute approximate surface area is 127 Å². The summed E-state index contributed by atoms with van der Waals surface area (Å²) in [6.45, 7) is 10.6. The van der Waals surface area contributed by atoms with Gasteiger partial charge in [-0.3, -0.25) is 0 Å². The fourth-order valence-corrected chi connectivity index (χ4v) is 4.63. The Balaban J connectivity index is 1.88. The summed E-state index contributed by atoms with van der Waals surface area (Å²) in [5, 5.41) is 3.82. The molecule has 0 spiro atoms. The third kappa shape index (κ3) is 4.76. The van der Waals surface area contributed by atoms with Crippen molar-refractivity contribution in [2.45, 2.75) is 91.5 Å². The predicted octanol–water partition coefficient (Wildman–Crippen LogP) is 5.40. The molecule has 118 valence electrons. The molecule has 2 saturated carbocycles. The van der Waals surface area contributed by atoms with Crippen LogP contribution in [0.25, 0.3) is 0 Å². The average molecular weight is 280 g/mol. The van der Waals surface area contributed by atoms with Gasteiger partial charge in [0.15, 0.2) is 0 Å². The molecule has 0 bridgehead atoms. The maximum Gasteiger partial charge on any atom is 0.00955 e. The summed E-state index contributed by atoms with van der Waals surface area (Å²) in [6, 6.07) is 0.780. The highest BCUT2D eigenvalue weighted by molar-refractivity contribution is 4.88. The summed E-state index contributed by atoms with van der Waals surface area (Å²) in [5.41, 5.74) is 0.482. The van der Waals surface area contributed by atoms with E-state index in [9.17, 15) is 0 Å². The molecule has 0 saturated heterocycles. The summed E-state index contributed by atoms with van der Waals surface area (Å²) in [5.74, 6) is 3.11. The van der Waals surface area contributed by atoms with Gasteiger partial charge in [-0.05, 0) is 61.8 Å². The Morgan fingerprint density at radius 1 is 1.00 bits per heavy atom. The van der Waals surface area contributed by atoms with Crippen molar-refractivity contribution in [1.82, 2.24) is 5.32 Å². The second kappa shape index (κ2) is 7.29. The zero-order valence-corrected chi connectivity index (χ0v) is 14.4. The average Bonchev–Trinajstić information content (AvgIpc) is 2.42. The molecular weight excluding hydrogens is 242 g/mol. The van der Waals surface area contributed by atoms with Crippen molar-refractivity contribution in [1.29, 1.82) is 0 Å². The molecule has 0 heterocycles. The first-order valence-corrected chi connectivity index (χ1v) is 9.23. The molecule has 0 amide bonds. The van der Waals surface area contributed by atoms with E-state index in [-0.39, 0.29) is 0 Å². The molecule has 2 fully saturated rings. The fraction of sp³-hybridized carbons (Fsp3) is 1.00. The molecule has 20 heavy (non-hydrogen) atoms. The van der Waals surface area contributed by atoms with Gasteiger partial charge >= 0.3 is 0 Å². The van der Waals surface area contributed by atoms with E-state index < -0.39 is 0 Å². The molecule has 0 aromatic rings. The first kappa shape index (κ1) is 16.3. The third-order valence-electron chi connectivity index (χ3n) is 5.82. The van der Waals surface area contributed by atoms with Gasteiger partial charge in [0.2, 0.25) is 0 Å². The van der Waals surface area contributed by atoms with Crippen LogP contribution in [0.15, 0.2) is 0 Å². The predicted molar refractivity (Wildman–Crippen MR) is 88.9 cm³/mol. The standard InChI is InChI=1S/C19H37N/c1-5-20-18(12-13-19(2,3)4)17-11-10-15-8-6-7-9-16(15)14-17/h15-18,20H,5-14H2,1-4H3.